The number of urea groups is 1. The SMILES string of the molecule is COc1ccc(CN(CC2(O)CCC3C45C=CC6(C=C4C(=O)c4ccc(F)c(F)c4)CC(O)CCC6(C)C5CCC32C)C(=O)NC(C)C)c(OC)c1. The maximum Gasteiger partial charge on any atom is 0.317 e. The van der Waals surface area contributed by atoms with Gasteiger partial charge in [-0.05, 0) is 106 Å². The third kappa shape index (κ3) is 5.25. The smallest absolute Gasteiger partial charge is 0.317 e. The van der Waals surface area contributed by atoms with E-state index in [1.807, 2.05) is 26.0 Å². The number of nitrogens with zero attached hydrogens (tertiary/aromatic N) is 1. The Kier molecular flexibility index (Phi) is 8.93. The molecule has 52 heavy (non-hydrogen) atoms. The lowest BCUT2D eigenvalue weighted by molar-refractivity contribution is -0.174. The van der Waals surface area contributed by atoms with E-state index in [0.717, 1.165) is 30.5 Å². The van der Waals surface area contributed by atoms with E-state index < -0.39 is 39.6 Å². The van der Waals surface area contributed by atoms with Crippen molar-refractivity contribution in [1.82, 2.24) is 10.2 Å². The number of aliphatic hydroxyl groups is 2. The minimum Gasteiger partial charge on any atom is -0.497 e. The van der Waals surface area contributed by atoms with E-state index >= 15 is 0 Å². The molecule has 0 aliphatic heterocycles. The number of methoxy groups -OCH3 is 2. The van der Waals surface area contributed by atoms with Crippen LogP contribution in [-0.2, 0) is 6.54 Å². The number of amides is 2. The van der Waals surface area contributed by atoms with Crippen LogP contribution in [-0.4, -0.2) is 65.4 Å². The average Bonchev–Trinajstić information content (AvgIpc) is 3.38. The second kappa shape index (κ2) is 12.7. The largest absolute Gasteiger partial charge is 0.497 e. The van der Waals surface area contributed by atoms with Crippen LogP contribution in [0.5, 0.6) is 11.5 Å². The Bertz CT molecular complexity index is 1850. The fourth-order valence-electron chi connectivity index (χ4n) is 11.4. The maximum absolute atomic E-state index is 14.7. The number of rotatable bonds is 9. The highest BCUT2D eigenvalue weighted by Gasteiger charge is 2.74. The molecule has 8 unspecified atom stereocenters. The van der Waals surface area contributed by atoms with Crippen molar-refractivity contribution in [3.63, 3.8) is 0 Å². The molecular weight excluding hydrogens is 666 g/mol. The predicted molar refractivity (Wildman–Crippen MR) is 193 cm³/mol. The molecule has 280 valence electrons. The molecule has 6 aliphatic rings. The lowest BCUT2D eigenvalue weighted by Gasteiger charge is -2.71. The Morgan fingerprint density at radius 2 is 1.65 bits per heavy atom. The summed E-state index contributed by atoms with van der Waals surface area (Å²) in [5, 5.41) is 27.0. The molecule has 8 rings (SSSR count). The molecule has 3 N–H and O–H groups in total. The molecule has 10 heteroatoms. The topological polar surface area (TPSA) is 108 Å². The Balaban J connectivity index is 1.30. The summed E-state index contributed by atoms with van der Waals surface area (Å²) in [5.41, 5.74) is -2.24. The van der Waals surface area contributed by atoms with Crippen LogP contribution < -0.4 is 14.8 Å². The van der Waals surface area contributed by atoms with Gasteiger partial charge in [-0.2, -0.15) is 0 Å². The highest BCUT2D eigenvalue weighted by atomic mass is 19.2. The van der Waals surface area contributed by atoms with Crippen molar-refractivity contribution < 1.29 is 38.1 Å². The molecule has 0 heterocycles. The number of halogens is 2. The minimum atomic E-state index is -1.31. The van der Waals surface area contributed by atoms with E-state index in [2.05, 4.69) is 37.4 Å². The minimum absolute atomic E-state index is 0.0241. The van der Waals surface area contributed by atoms with Crippen molar-refractivity contribution in [3.8, 4) is 11.5 Å². The second-order valence-electron chi connectivity index (χ2n) is 16.9. The molecule has 2 amide bonds. The lowest BCUT2D eigenvalue weighted by Crippen LogP contribution is -2.67. The van der Waals surface area contributed by atoms with Crippen LogP contribution in [0.15, 0.2) is 60.2 Å². The van der Waals surface area contributed by atoms with Gasteiger partial charge in [0.05, 0.1) is 39.0 Å². The van der Waals surface area contributed by atoms with E-state index in [1.54, 1.807) is 25.2 Å². The first-order valence-corrected chi connectivity index (χ1v) is 18.7. The molecule has 0 aromatic heterocycles. The van der Waals surface area contributed by atoms with Crippen molar-refractivity contribution in [1.29, 1.82) is 0 Å². The monoisotopic (exact) mass is 718 g/mol. The number of ether oxygens (including phenoxy) is 2. The van der Waals surface area contributed by atoms with Crippen molar-refractivity contribution in [2.75, 3.05) is 20.8 Å². The number of hydrogen-bond donors (Lipinski definition) is 3. The van der Waals surface area contributed by atoms with Crippen molar-refractivity contribution in [3.05, 3.63) is 83.0 Å². The fourth-order valence-corrected chi connectivity index (χ4v) is 11.4. The highest BCUT2D eigenvalue weighted by molar-refractivity contribution is 6.10. The van der Waals surface area contributed by atoms with Gasteiger partial charge in [-0.25, -0.2) is 13.6 Å². The number of carbonyl (C=O) groups excluding carboxylic acids is 2. The number of fused-ring (bicyclic) bond motifs is 1. The zero-order valence-electron chi connectivity index (χ0n) is 31.1. The van der Waals surface area contributed by atoms with E-state index in [0.29, 0.717) is 49.2 Å². The molecule has 0 radical (unpaired) electrons. The summed E-state index contributed by atoms with van der Waals surface area (Å²) in [5.74, 6) is -1.41. The Morgan fingerprint density at radius 3 is 2.35 bits per heavy atom. The third-order valence-electron chi connectivity index (χ3n) is 14.1. The highest BCUT2D eigenvalue weighted by Crippen LogP contribution is 2.78. The lowest BCUT2D eigenvalue weighted by atomic mass is 9.32. The van der Waals surface area contributed by atoms with Gasteiger partial charge < -0.3 is 29.9 Å². The van der Waals surface area contributed by atoms with Crippen molar-refractivity contribution >= 4 is 11.8 Å². The number of aliphatic hydroxyl groups excluding tert-OH is 1. The molecule has 2 aromatic carbocycles. The van der Waals surface area contributed by atoms with E-state index in [9.17, 15) is 28.6 Å². The van der Waals surface area contributed by atoms with Crippen molar-refractivity contribution in [2.45, 2.75) is 96.9 Å². The van der Waals surface area contributed by atoms with Crippen LogP contribution in [0.25, 0.3) is 0 Å². The van der Waals surface area contributed by atoms with Crippen LogP contribution in [0.3, 0.4) is 0 Å². The van der Waals surface area contributed by atoms with Crippen LogP contribution in [0.4, 0.5) is 13.6 Å². The first kappa shape index (κ1) is 36.6. The first-order valence-electron chi connectivity index (χ1n) is 18.7. The normalized spacial score (nSPS) is 35.7. The molecule has 0 saturated heterocycles. The van der Waals surface area contributed by atoms with Gasteiger partial charge in [-0.3, -0.25) is 4.79 Å². The van der Waals surface area contributed by atoms with E-state index in [1.165, 1.54) is 6.07 Å². The summed E-state index contributed by atoms with van der Waals surface area (Å²) in [4.78, 5) is 30.3. The quantitative estimate of drug-likeness (QED) is 0.185. The standard InChI is InChI=1S/C42H52F2N2O6/c1-25(2)45-37(49)46(23-27-7-9-29(51-5)20-33(27)52-6)24-41(50)16-13-35-39(41,4)15-12-34-38(3)14-11-28(47)21-40(38)17-18-42(34,35)30(22-40)36(48)26-8-10-31(43)32(44)19-26/h7-10,17-20,22,25,28,34-35,47,50H,11-16,21,23-24H2,1-6H3,(H,45,49). The average molecular weight is 719 g/mol. The van der Waals surface area contributed by atoms with Gasteiger partial charge in [-0.15, -0.1) is 0 Å². The van der Waals surface area contributed by atoms with E-state index in [4.69, 9.17) is 9.47 Å². The van der Waals surface area contributed by atoms with Gasteiger partial charge >= 0.3 is 6.03 Å². The van der Waals surface area contributed by atoms with Crippen LogP contribution in [0, 0.1) is 45.1 Å². The van der Waals surface area contributed by atoms with Crippen LogP contribution >= 0.6 is 0 Å². The van der Waals surface area contributed by atoms with Gasteiger partial charge in [0.1, 0.15) is 11.5 Å². The number of nitrogens with one attached hydrogen (secondary N) is 1. The molecule has 2 bridgehead atoms. The maximum atomic E-state index is 14.7. The number of carbonyl (C=O) groups is 2. The molecule has 6 aliphatic carbocycles. The number of hydrogen-bond acceptors (Lipinski definition) is 6. The molecule has 3 fully saturated rings. The molecular formula is C42H52F2N2O6. The third-order valence-corrected chi connectivity index (χ3v) is 14.1. The Hall–Kier alpha value is -3.76. The molecule has 2 aromatic rings. The zero-order valence-corrected chi connectivity index (χ0v) is 31.1. The fraction of sp³-hybridized carbons (Fsp3) is 0.571. The molecule has 8 nitrogen and oxygen atoms in total. The van der Waals surface area contributed by atoms with Gasteiger partial charge in [0, 0.05) is 45.1 Å². The number of allylic oxidation sites excluding steroid dienone is 4. The summed E-state index contributed by atoms with van der Waals surface area (Å²) in [7, 11) is 3.15. The summed E-state index contributed by atoms with van der Waals surface area (Å²) in [6.45, 7) is 8.44. The molecule has 2 spiro atoms. The van der Waals surface area contributed by atoms with Crippen LogP contribution in [0.2, 0.25) is 0 Å². The van der Waals surface area contributed by atoms with E-state index in [-0.39, 0.29) is 53.8 Å². The number of ketones is 1. The molecule has 8 atom stereocenters. The zero-order chi connectivity index (χ0) is 37.4. The summed E-state index contributed by atoms with van der Waals surface area (Å²) in [6.07, 6.45) is 10.3. The summed E-state index contributed by atoms with van der Waals surface area (Å²) >= 11 is 0. The summed E-state index contributed by atoms with van der Waals surface area (Å²) < 4.78 is 39.8. The summed E-state index contributed by atoms with van der Waals surface area (Å²) in [6, 6.07) is 8.34. The number of Topliss-reactive ketones (excluding diaryl/α,β-unsaturated/α-hetero) is 1. The van der Waals surface area contributed by atoms with Gasteiger partial charge in [0.2, 0.25) is 0 Å². The van der Waals surface area contributed by atoms with Crippen LogP contribution in [0.1, 0.15) is 88.6 Å². The Labute approximate surface area is 305 Å². The number of benzene rings is 2. The second-order valence-corrected chi connectivity index (χ2v) is 16.9. The van der Waals surface area contributed by atoms with Gasteiger partial charge in [0.25, 0.3) is 0 Å². The first-order chi connectivity index (χ1) is 24.6. The van der Waals surface area contributed by atoms with Gasteiger partial charge in [0.15, 0.2) is 17.4 Å². The molecule has 3 saturated carbocycles. The predicted octanol–water partition coefficient (Wildman–Crippen LogP) is 7.38. The van der Waals surface area contributed by atoms with Crippen molar-refractivity contribution in [2.24, 2.45) is 33.5 Å². The van der Waals surface area contributed by atoms with Gasteiger partial charge in [-0.1, -0.05) is 32.1 Å². The Morgan fingerprint density at radius 1 is 0.942 bits per heavy atom.